The van der Waals surface area contributed by atoms with Crippen molar-refractivity contribution >= 4 is 38.8 Å². The Hall–Kier alpha value is -4.36. The SMILES string of the molecule is CCC(=O)c1cnc(Nc2ccc(S(=O)(=O)NC)cn2)cc1Nc1cccc(-c2ncn(C)n2)c1OC. The average molecular weight is 523 g/mol. The van der Waals surface area contributed by atoms with Crippen LogP contribution in [0.25, 0.3) is 11.4 Å². The van der Waals surface area contributed by atoms with E-state index in [1.807, 2.05) is 18.2 Å². The number of hydrogen-bond acceptors (Lipinski definition) is 10. The van der Waals surface area contributed by atoms with Crippen LogP contribution in [0.2, 0.25) is 0 Å². The van der Waals surface area contributed by atoms with Crippen molar-refractivity contribution in [3.8, 4) is 17.1 Å². The molecule has 0 aliphatic carbocycles. The van der Waals surface area contributed by atoms with E-state index in [0.717, 1.165) is 0 Å². The van der Waals surface area contributed by atoms with Gasteiger partial charge in [0.1, 0.15) is 22.9 Å². The van der Waals surface area contributed by atoms with Gasteiger partial charge in [-0.15, -0.1) is 0 Å². The van der Waals surface area contributed by atoms with Crippen LogP contribution in [0.4, 0.5) is 23.0 Å². The molecule has 3 heterocycles. The van der Waals surface area contributed by atoms with E-state index in [1.54, 1.807) is 38.2 Å². The molecule has 0 bridgehead atoms. The quantitative estimate of drug-likeness (QED) is 0.264. The number of nitrogens with one attached hydrogen (secondary N) is 3. The largest absolute Gasteiger partial charge is 0.494 e. The maximum atomic E-state index is 12.7. The maximum absolute atomic E-state index is 12.7. The Labute approximate surface area is 214 Å². The second-order valence-electron chi connectivity index (χ2n) is 7.86. The van der Waals surface area contributed by atoms with Crippen molar-refractivity contribution in [3.05, 3.63) is 60.7 Å². The van der Waals surface area contributed by atoms with Gasteiger partial charge in [0, 0.05) is 31.9 Å². The van der Waals surface area contributed by atoms with Gasteiger partial charge in [0.2, 0.25) is 10.0 Å². The van der Waals surface area contributed by atoms with E-state index in [4.69, 9.17) is 4.74 Å². The Morgan fingerprint density at radius 3 is 2.43 bits per heavy atom. The van der Waals surface area contributed by atoms with Gasteiger partial charge in [-0.25, -0.2) is 28.1 Å². The number of carbonyl (C=O) groups is 1. The number of aryl methyl sites for hydroxylation is 1. The third-order valence-corrected chi connectivity index (χ3v) is 6.83. The van der Waals surface area contributed by atoms with Gasteiger partial charge in [-0.1, -0.05) is 13.0 Å². The zero-order valence-electron chi connectivity index (χ0n) is 20.7. The molecule has 0 amide bonds. The minimum atomic E-state index is -3.60. The molecular formula is C24H26N8O4S. The van der Waals surface area contributed by atoms with Crippen molar-refractivity contribution < 1.29 is 17.9 Å². The molecule has 0 fully saturated rings. The fourth-order valence-corrected chi connectivity index (χ4v) is 4.22. The number of benzene rings is 1. The molecule has 0 spiro atoms. The summed E-state index contributed by atoms with van der Waals surface area (Å²) in [5.41, 5.74) is 2.20. The lowest BCUT2D eigenvalue weighted by Gasteiger charge is -2.17. The van der Waals surface area contributed by atoms with Crippen LogP contribution in [0.1, 0.15) is 23.7 Å². The number of carbonyl (C=O) groups excluding carboxylic acids is 1. The summed E-state index contributed by atoms with van der Waals surface area (Å²) in [4.78, 5) is 25.5. The second kappa shape index (κ2) is 10.7. The standard InChI is InChI=1S/C24H26N8O4S/c1-5-20(33)17-13-27-22(30-21-10-9-15(12-26-21)37(34,35)25-2)11-19(17)29-18-8-6-7-16(23(18)36-4)24-28-14-32(3)31-24/h6-14,25H,5H2,1-4H3,(H2,26,27,29,30). The molecule has 13 heteroatoms. The van der Waals surface area contributed by atoms with Crippen molar-refractivity contribution in [2.75, 3.05) is 24.8 Å². The van der Waals surface area contributed by atoms with Gasteiger partial charge >= 0.3 is 0 Å². The van der Waals surface area contributed by atoms with E-state index < -0.39 is 10.0 Å². The Bertz CT molecular complexity index is 1530. The molecule has 4 aromatic rings. The van der Waals surface area contributed by atoms with Crippen LogP contribution >= 0.6 is 0 Å². The number of pyridine rings is 2. The molecule has 0 saturated heterocycles. The molecule has 0 atom stereocenters. The fourth-order valence-electron chi connectivity index (χ4n) is 3.54. The van der Waals surface area contributed by atoms with Crippen molar-refractivity contribution in [3.63, 3.8) is 0 Å². The van der Waals surface area contributed by atoms with E-state index in [9.17, 15) is 13.2 Å². The Balaban J connectivity index is 1.69. The lowest BCUT2D eigenvalue weighted by atomic mass is 10.1. The van der Waals surface area contributed by atoms with Crippen LogP contribution in [-0.4, -0.2) is 53.1 Å². The first-order chi connectivity index (χ1) is 17.7. The van der Waals surface area contributed by atoms with Crippen molar-refractivity contribution in [2.45, 2.75) is 18.2 Å². The number of sulfonamides is 1. The third kappa shape index (κ3) is 5.57. The highest BCUT2D eigenvalue weighted by molar-refractivity contribution is 7.89. The molecule has 12 nitrogen and oxygen atoms in total. The lowest BCUT2D eigenvalue weighted by molar-refractivity contribution is 0.0988. The Kier molecular flexibility index (Phi) is 7.45. The lowest BCUT2D eigenvalue weighted by Crippen LogP contribution is -2.18. The first-order valence-corrected chi connectivity index (χ1v) is 12.7. The van der Waals surface area contributed by atoms with Gasteiger partial charge in [0.05, 0.1) is 29.6 Å². The first-order valence-electron chi connectivity index (χ1n) is 11.3. The molecule has 3 N–H and O–H groups in total. The molecule has 0 aliphatic heterocycles. The molecule has 1 aromatic carbocycles. The Morgan fingerprint density at radius 1 is 1.03 bits per heavy atom. The smallest absolute Gasteiger partial charge is 0.241 e. The number of ether oxygens (including phenoxy) is 1. The molecule has 4 rings (SSSR count). The maximum Gasteiger partial charge on any atom is 0.241 e. The number of methoxy groups -OCH3 is 1. The number of Topliss-reactive ketones (excluding diaryl/α,β-unsaturated/α-hetero) is 1. The molecule has 0 radical (unpaired) electrons. The van der Waals surface area contributed by atoms with Crippen molar-refractivity contribution in [1.82, 2.24) is 29.5 Å². The van der Waals surface area contributed by atoms with E-state index in [-0.39, 0.29) is 10.7 Å². The van der Waals surface area contributed by atoms with Crippen LogP contribution in [0.15, 0.2) is 60.0 Å². The van der Waals surface area contributed by atoms with Crippen LogP contribution in [0.3, 0.4) is 0 Å². The number of ketones is 1. The summed E-state index contributed by atoms with van der Waals surface area (Å²) >= 11 is 0. The second-order valence-corrected chi connectivity index (χ2v) is 9.74. The molecule has 0 aliphatic rings. The number of nitrogens with zero attached hydrogens (tertiary/aromatic N) is 5. The predicted octanol–water partition coefficient (Wildman–Crippen LogP) is 3.27. The summed E-state index contributed by atoms with van der Waals surface area (Å²) in [6.07, 6.45) is 4.61. The summed E-state index contributed by atoms with van der Waals surface area (Å²) < 4.78 is 33.4. The predicted molar refractivity (Wildman–Crippen MR) is 139 cm³/mol. The van der Waals surface area contributed by atoms with E-state index in [2.05, 4.69) is 35.4 Å². The summed E-state index contributed by atoms with van der Waals surface area (Å²) in [6, 6.07) is 10.1. The zero-order valence-corrected chi connectivity index (χ0v) is 21.5. The number of para-hydroxylation sites is 1. The van der Waals surface area contributed by atoms with Gasteiger partial charge in [-0.05, 0) is 31.3 Å². The highest BCUT2D eigenvalue weighted by Gasteiger charge is 2.18. The van der Waals surface area contributed by atoms with Crippen molar-refractivity contribution in [1.29, 1.82) is 0 Å². The summed E-state index contributed by atoms with van der Waals surface area (Å²) in [6.45, 7) is 1.77. The molecule has 3 aromatic heterocycles. The third-order valence-electron chi connectivity index (χ3n) is 5.43. The number of rotatable bonds is 10. The number of anilines is 4. The number of aromatic nitrogens is 5. The highest BCUT2D eigenvalue weighted by atomic mass is 32.2. The fraction of sp³-hybridized carbons (Fsp3) is 0.208. The summed E-state index contributed by atoms with van der Waals surface area (Å²) in [5.74, 6) is 1.69. The van der Waals surface area contributed by atoms with Crippen LogP contribution in [-0.2, 0) is 17.1 Å². The van der Waals surface area contributed by atoms with Gasteiger partial charge in [0.25, 0.3) is 0 Å². The zero-order chi connectivity index (χ0) is 26.6. The summed E-state index contributed by atoms with van der Waals surface area (Å²) in [7, 11) is 1.06. The topological polar surface area (TPSA) is 153 Å². The normalized spacial score (nSPS) is 11.2. The molecule has 192 valence electrons. The van der Waals surface area contributed by atoms with E-state index in [0.29, 0.717) is 52.1 Å². The van der Waals surface area contributed by atoms with Crippen LogP contribution in [0, 0.1) is 0 Å². The number of hydrogen-bond donors (Lipinski definition) is 3. The van der Waals surface area contributed by atoms with Gasteiger partial charge in [-0.3, -0.25) is 9.48 Å². The molecule has 37 heavy (non-hydrogen) atoms. The van der Waals surface area contributed by atoms with Crippen LogP contribution < -0.4 is 20.1 Å². The van der Waals surface area contributed by atoms with Crippen molar-refractivity contribution in [2.24, 2.45) is 7.05 Å². The average Bonchev–Trinajstić information content (AvgIpc) is 3.34. The van der Waals surface area contributed by atoms with E-state index >= 15 is 0 Å². The summed E-state index contributed by atoms with van der Waals surface area (Å²) in [5, 5.41) is 10.7. The molecule has 0 unspecified atom stereocenters. The first kappa shape index (κ1) is 25.7. The minimum absolute atomic E-state index is 0.0362. The van der Waals surface area contributed by atoms with E-state index in [1.165, 1.54) is 31.6 Å². The molecular weight excluding hydrogens is 496 g/mol. The van der Waals surface area contributed by atoms with Gasteiger partial charge < -0.3 is 15.4 Å². The van der Waals surface area contributed by atoms with Gasteiger partial charge in [-0.2, -0.15) is 5.10 Å². The highest BCUT2D eigenvalue weighted by Crippen LogP contribution is 2.37. The monoisotopic (exact) mass is 522 g/mol. The Morgan fingerprint density at radius 2 is 1.81 bits per heavy atom. The van der Waals surface area contributed by atoms with Crippen LogP contribution in [0.5, 0.6) is 5.75 Å². The minimum Gasteiger partial charge on any atom is -0.494 e. The molecule has 0 saturated carbocycles. The van der Waals surface area contributed by atoms with Gasteiger partial charge in [0.15, 0.2) is 17.4 Å².